The minimum atomic E-state index is 0.667. The summed E-state index contributed by atoms with van der Waals surface area (Å²) < 4.78 is 5.36. The highest BCUT2D eigenvalue weighted by molar-refractivity contribution is 5.17. The molecule has 0 saturated heterocycles. The first-order chi connectivity index (χ1) is 7.88. The molecule has 4 rings (SSSR count). The maximum Gasteiger partial charge on any atom is 0.0618 e. The summed E-state index contributed by atoms with van der Waals surface area (Å²) in [4.78, 5) is 0. The molecule has 0 heterocycles. The first-order valence-corrected chi connectivity index (χ1v) is 7.13. The fourth-order valence-corrected chi connectivity index (χ4v) is 4.79. The third-order valence-corrected chi connectivity index (χ3v) is 5.68. The van der Waals surface area contributed by atoms with Gasteiger partial charge in [0.1, 0.15) is 0 Å². The van der Waals surface area contributed by atoms with Crippen LogP contribution in [0, 0.1) is 29.6 Å². The first kappa shape index (κ1) is 9.90. The van der Waals surface area contributed by atoms with Gasteiger partial charge in [-0.05, 0) is 61.7 Å². The van der Waals surface area contributed by atoms with Crippen molar-refractivity contribution in [3.05, 3.63) is 0 Å². The Labute approximate surface area is 98.1 Å². The van der Waals surface area contributed by atoms with Gasteiger partial charge in [-0.2, -0.15) is 0 Å². The van der Waals surface area contributed by atoms with E-state index in [1.807, 2.05) is 7.11 Å². The second kappa shape index (κ2) is 3.46. The average molecular weight is 221 g/mol. The second-order valence-electron chi connectivity index (χ2n) is 6.58. The van der Waals surface area contributed by atoms with Crippen molar-refractivity contribution in [1.82, 2.24) is 5.32 Å². The third-order valence-electron chi connectivity index (χ3n) is 5.68. The average Bonchev–Trinajstić information content (AvgIpc) is 3.18. The molecule has 4 aliphatic carbocycles. The van der Waals surface area contributed by atoms with E-state index in [4.69, 9.17) is 4.74 Å². The number of hydrogen-bond acceptors (Lipinski definition) is 2. The maximum absolute atomic E-state index is 5.36. The molecule has 2 bridgehead atoms. The zero-order chi connectivity index (χ0) is 10.7. The summed E-state index contributed by atoms with van der Waals surface area (Å²) in [5, 5.41) is 3.93. The van der Waals surface area contributed by atoms with Crippen molar-refractivity contribution < 1.29 is 4.74 Å². The van der Waals surface area contributed by atoms with E-state index in [0.717, 1.165) is 42.2 Å². The summed E-state index contributed by atoms with van der Waals surface area (Å²) in [6, 6.07) is 1.55. The highest BCUT2D eigenvalue weighted by Gasteiger charge is 2.65. The molecule has 0 aliphatic heterocycles. The van der Waals surface area contributed by atoms with Crippen molar-refractivity contribution in [1.29, 1.82) is 0 Å². The standard InChI is InChI=1S/C14H23NO/c1-16-7-11(8-2-3-8)15-14-12-9-4-5-10(6-9)13(12)14/h8-15H,2-7H2,1H3. The molecule has 5 unspecified atom stereocenters. The molecule has 4 saturated carbocycles. The predicted octanol–water partition coefficient (Wildman–Crippen LogP) is 2.05. The minimum absolute atomic E-state index is 0.667. The van der Waals surface area contributed by atoms with Crippen LogP contribution in [-0.2, 0) is 4.74 Å². The van der Waals surface area contributed by atoms with Crippen LogP contribution in [0.1, 0.15) is 32.1 Å². The van der Waals surface area contributed by atoms with Crippen molar-refractivity contribution in [2.24, 2.45) is 29.6 Å². The van der Waals surface area contributed by atoms with Gasteiger partial charge in [-0.1, -0.05) is 0 Å². The van der Waals surface area contributed by atoms with Crippen LogP contribution in [0.5, 0.6) is 0 Å². The van der Waals surface area contributed by atoms with Crippen LogP contribution < -0.4 is 5.32 Å². The van der Waals surface area contributed by atoms with E-state index in [-0.39, 0.29) is 0 Å². The normalized spacial score (nSPS) is 50.4. The Hall–Kier alpha value is -0.0800. The molecule has 0 aromatic heterocycles. The van der Waals surface area contributed by atoms with Crippen LogP contribution in [0.4, 0.5) is 0 Å². The zero-order valence-electron chi connectivity index (χ0n) is 10.2. The SMILES string of the molecule is COCC(NC1C2C3CCC(C3)C12)C1CC1. The summed E-state index contributed by atoms with van der Waals surface area (Å²) >= 11 is 0. The Kier molecular flexibility index (Phi) is 2.14. The number of fused-ring (bicyclic) bond motifs is 5. The van der Waals surface area contributed by atoms with E-state index in [2.05, 4.69) is 5.32 Å². The Morgan fingerprint density at radius 3 is 2.38 bits per heavy atom. The van der Waals surface area contributed by atoms with E-state index in [1.165, 1.54) is 25.7 Å². The van der Waals surface area contributed by atoms with Gasteiger partial charge in [-0.3, -0.25) is 0 Å². The quantitative estimate of drug-likeness (QED) is 0.767. The minimum Gasteiger partial charge on any atom is -0.383 e. The van der Waals surface area contributed by atoms with Gasteiger partial charge < -0.3 is 10.1 Å². The monoisotopic (exact) mass is 221 g/mol. The number of nitrogens with one attached hydrogen (secondary N) is 1. The van der Waals surface area contributed by atoms with Crippen molar-refractivity contribution in [3.63, 3.8) is 0 Å². The van der Waals surface area contributed by atoms with Gasteiger partial charge in [0.15, 0.2) is 0 Å². The molecule has 2 heteroatoms. The summed E-state index contributed by atoms with van der Waals surface area (Å²) in [5.74, 6) is 5.25. The van der Waals surface area contributed by atoms with Crippen molar-refractivity contribution in [3.8, 4) is 0 Å². The van der Waals surface area contributed by atoms with Crippen LogP contribution in [0.25, 0.3) is 0 Å². The highest BCUT2D eigenvalue weighted by atomic mass is 16.5. The van der Waals surface area contributed by atoms with Crippen LogP contribution in [-0.4, -0.2) is 25.8 Å². The van der Waals surface area contributed by atoms with Gasteiger partial charge in [0.2, 0.25) is 0 Å². The first-order valence-electron chi connectivity index (χ1n) is 7.13. The molecule has 0 aromatic rings. The lowest BCUT2D eigenvalue weighted by Gasteiger charge is -2.19. The van der Waals surface area contributed by atoms with E-state index < -0.39 is 0 Å². The molecule has 0 spiro atoms. The molecular formula is C14H23NO. The molecular weight excluding hydrogens is 198 g/mol. The molecule has 90 valence electrons. The van der Waals surface area contributed by atoms with Crippen molar-refractivity contribution in [2.45, 2.75) is 44.2 Å². The Morgan fingerprint density at radius 1 is 1.12 bits per heavy atom. The van der Waals surface area contributed by atoms with Crippen LogP contribution >= 0.6 is 0 Å². The van der Waals surface area contributed by atoms with E-state index in [0.29, 0.717) is 6.04 Å². The molecule has 5 atom stereocenters. The molecule has 0 aromatic carbocycles. The van der Waals surface area contributed by atoms with Gasteiger partial charge in [0.05, 0.1) is 6.61 Å². The van der Waals surface area contributed by atoms with Gasteiger partial charge in [-0.15, -0.1) is 0 Å². The number of ether oxygens (including phenoxy) is 1. The molecule has 0 radical (unpaired) electrons. The Bertz CT molecular complexity index is 272. The molecule has 4 fully saturated rings. The largest absolute Gasteiger partial charge is 0.383 e. The summed E-state index contributed by atoms with van der Waals surface area (Å²) in [5.41, 5.74) is 0. The fourth-order valence-electron chi connectivity index (χ4n) is 4.79. The van der Waals surface area contributed by atoms with Crippen LogP contribution in [0.15, 0.2) is 0 Å². The summed E-state index contributed by atoms with van der Waals surface area (Å²) in [7, 11) is 1.84. The molecule has 16 heavy (non-hydrogen) atoms. The zero-order valence-corrected chi connectivity index (χ0v) is 10.2. The van der Waals surface area contributed by atoms with Gasteiger partial charge in [0, 0.05) is 19.2 Å². The lowest BCUT2D eigenvalue weighted by molar-refractivity contribution is 0.154. The van der Waals surface area contributed by atoms with E-state index >= 15 is 0 Å². The number of hydrogen-bond donors (Lipinski definition) is 1. The molecule has 1 N–H and O–H groups in total. The van der Waals surface area contributed by atoms with Crippen LogP contribution in [0.3, 0.4) is 0 Å². The predicted molar refractivity (Wildman–Crippen MR) is 63.1 cm³/mol. The lowest BCUT2D eigenvalue weighted by Crippen LogP contribution is -2.39. The van der Waals surface area contributed by atoms with Gasteiger partial charge in [-0.25, -0.2) is 0 Å². The molecule has 0 amide bonds. The molecule has 2 nitrogen and oxygen atoms in total. The Morgan fingerprint density at radius 2 is 1.81 bits per heavy atom. The number of methoxy groups -OCH3 is 1. The smallest absolute Gasteiger partial charge is 0.0618 e. The Balaban J connectivity index is 1.38. The van der Waals surface area contributed by atoms with Crippen LogP contribution in [0.2, 0.25) is 0 Å². The summed E-state index contributed by atoms with van der Waals surface area (Å²) in [6.45, 7) is 0.927. The van der Waals surface area contributed by atoms with Gasteiger partial charge >= 0.3 is 0 Å². The van der Waals surface area contributed by atoms with Crippen molar-refractivity contribution in [2.75, 3.05) is 13.7 Å². The fraction of sp³-hybridized carbons (Fsp3) is 1.00. The molecule has 4 aliphatic rings. The lowest BCUT2D eigenvalue weighted by atomic mass is 10.0. The van der Waals surface area contributed by atoms with E-state index in [1.54, 1.807) is 6.42 Å². The highest BCUT2D eigenvalue weighted by Crippen LogP contribution is 2.65. The maximum atomic E-state index is 5.36. The topological polar surface area (TPSA) is 21.3 Å². The second-order valence-corrected chi connectivity index (χ2v) is 6.58. The summed E-state index contributed by atoms with van der Waals surface area (Å²) in [6.07, 6.45) is 7.47. The number of rotatable bonds is 5. The van der Waals surface area contributed by atoms with E-state index in [9.17, 15) is 0 Å². The third kappa shape index (κ3) is 1.39. The van der Waals surface area contributed by atoms with Gasteiger partial charge in [0.25, 0.3) is 0 Å². The van der Waals surface area contributed by atoms with Crippen molar-refractivity contribution >= 4 is 0 Å².